The molecule has 0 aliphatic carbocycles. The first kappa shape index (κ1) is 18.0. The van der Waals surface area contributed by atoms with Crippen LogP contribution in [0.1, 0.15) is 44.4 Å². The van der Waals surface area contributed by atoms with Crippen LogP contribution in [0.4, 0.5) is 0 Å². The second kappa shape index (κ2) is 9.04. The normalized spacial score (nSPS) is 10.9. The van der Waals surface area contributed by atoms with Gasteiger partial charge in [0, 0.05) is 0 Å². The molecule has 0 amide bonds. The summed E-state index contributed by atoms with van der Waals surface area (Å²) >= 11 is 0. The fraction of sp³-hybridized carbons (Fsp3) is 0.273. The Bertz CT molecular complexity index is 583. The third-order valence-electron chi connectivity index (χ3n) is 3.23. The minimum atomic E-state index is 0.274. The summed E-state index contributed by atoms with van der Waals surface area (Å²) in [5, 5.41) is 0. The maximum absolute atomic E-state index is 3.74. The standard InChI is InChI=1S/C12H16.C10H12/c1-12(2,3)10-9-11-7-5-4-6-8-11;1-3-9-7-5-6-8-10(9)4-2/h4-10H,1-3H3;3,5-8H,1,4H2,2H3. The van der Waals surface area contributed by atoms with Gasteiger partial charge in [-0.15, -0.1) is 0 Å². The predicted octanol–water partition coefficient (Wildman–Crippen LogP) is 6.64. The molecule has 0 atom stereocenters. The summed E-state index contributed by atoms with van der Waals surface area (Å²) < 4.78 is 0. The second-order valence-electron chi connectivity index (χ2n) is 6.37. The molecular formula is C22H28. The van der Waals surface area contributed by atoms with Crippen LogP contribution in [0.3, 0.4) is 0 Å². The molecule has 2 aromatic carbocycles. The minimum Gasteiger partial charge on any atom is -0.0985 e. The van der Waals surface area contributed by atoms with E-state index in [0.717, 1.165) is 6.42 Å². The van der Waals surface area contributed by atoms with Gasteiger partial charge < -0.3 is 0 Å². The zero-order valence-electron chi connectivity index (χ0n) is 14.3. The first-order valence-corrected chi connectivity index (χ1v) is 7.91. The third-order valence-corrected chi connectivity index (χ3v) is 3.23. The fourth-order valence-corrected chi connectivity index (χ4v) is 1.97. The van der Waals surface area contributed by atoms with Crippen LogP contribution in [0, 0.1) is 5.41 Å². The van der Waals surface area contributed by atoms with E-state index >= 15 is 0 Å². The van der Waals surface area contributed by atoms with Crippen LogP contribution < -0.4 is 0 Å². The number of aryl methyl sites for hydroxylation is 1. The highest BCUT2D eigenvalue weighted by Crippen LogP contribution is 2.16. The molecule has 2 rings (SSSR count). The number of rotatable bonds is 3. The van der Waals surface area contributed by atoms with Gasteiger partial charge in [-0.05, 0) is 28.5 Å². The van der Waals surface area contributed by atoms with Crippen LogP contribution in [-0.2, 0) is 6.42 Å². The summed E-state index contributed by atoms with van der Waals surface area (Å²) in [5.74, 6) is 0. The fourth-order valence-electron chi connectivity index (χ4n) is 1.97. The Labute approximate surface area is 136 Å². The zero-order valence-corrected chi connectivity index (χ0v) is 14.3. The highest BCUT2D eigenvalue weighted by molar-refractivity contribution is 5.51. The summed E-state index contributed by atoms with van der Waals surface area (Å²) in [5.41, 5.74) is 4.17. The molecule has 0 heterocycles. The van der Waals surface area contributed by atoms with Crippen LogP contribution in [0.5, 0.6) is 0 Å². The number of benzene rings is 2. The van der Waals surface area contributed by atoms with Gasteiger partial charge in [-0.2, -0.15) is 0 Å². The highest BCUT2D eigenvalue weighted by atomic mass is 14.1. The molecule has 0 unspecified atom stereocenters. The number of allylic oxidation sites excluding steroid dienone is 1. The lowest BCUT2D eigenvalue weighted by Gasteiger charge is -2.10. The maximum atomic E-state index is 3.74. The van der Waals surface area contributed by atoms with E-state index in [0.29, 0.717) is 0 Å². The van der Waals surface area contributed by atoms with Crippen molar-refractivity contribution in [2.45, 2.75) is 34.1 Å². The predicted molar refractivity (Wildman–Crippen MR) is 101 cm³/mol. The van der Waals surface area contributed by atoms with Gasteiger partial charge in [0.2, 0.25) is 0 Å². The van der Waals surface area contributed by atoms with Gasteiger partial charge in [0.15, 0.2) is 0 Å². The average Bonchev–Trinajstić information content (AvgIpc) is 2.54. The van der Waals surface area contributed by atoms with Crippen LogP contribution in [0.15, 0.2) is 67.3 Å². The molecule has 0 spiro atoms. The van der Waals surface area contributed by atoms with Gasteiger partial charge in [0.1, 0.15) is 0 Å². The van der Waals surface area contributed by atoms with Crippen molar-refractivity contribution in [2.75, 3.05) is 0 Å². The van der Waals surface area contributed by atoms with Crippen LogP contribution in [0.2, 0.25) is 0 Å². The van der Waals surface area contributed by atoms with E-state index in [2.05, 4.69) is 88.9 Å². The van der Waals surface area contributed by atoms with E-state index < -0.39 is 0 Å². The summed E-state index contributed by atoms with van der Waals surface area (Å²) in [4.78, 5) is 0. The van der Waals surface area contributed by atoms with Gasteiger partial charge in [0.25, 0.3) is 0 Å². The number of hydrogen-bond donors (Lipinski definition) is 0. The monoisotopic (exact) mass is 292 g/mol. The Balaban J connectivity index is 0.000000224. The molecule has 116 valence electrons. The largest absolute Gasteiger partial charge is 0.0985 e. The zero-order chi connectivity index (χ0) is 16.4. The summed E-state index contributed by atoms with van der Waals surface area (Å²) in [6, 6.07) is 18.7. The molecule has 0 saturated heterocycles. The van der Waals surface area contributed by atoms with Crippen molar-refractivity contribution in [3.63, 3.8) is 0 Å². The Hall–Kier alpha value is -2.08. The minimum absolute atomic E-state index is 0.274. The van der Waals surface area contributed by atoms with Gasteiger partial charge in [-0.1, -0.05) is 107 Å². The Morgan fingerprint density at radius 2 is 1.50 bits per heavy atom. The van der Waals surface area contributed by atoms with E-state index in [9.17, 15) is 0 Å². The molecule has 0 N–H and O–H groups in total. The lowest BCUT2D eigenvalue weighted by molar-refractivity contribution is 0.547. The quantitative estimate of drug-likeness (QED) is 0.595. The van der Waals surface area contributed by atoms with E-state index in [1.165, 1.54) is 16.7 Å². The molecule has 22 heavy (non-hydrogen) atoms. The maximum Gasteiger partial charge on any atom is -0.0200 e. The van der Waals surface area contributed by atoms with E-state index in [-0.39, 0.29) is 5.41 Å². The van der Waals surface area contributed by atoms with Gasteiger partial charge in [0.05, 0.1) is 0 Å². The van der Waals surface area contributed by atoms with Crippen molar-refractivity contribution in [1.29, 1.82) is 0 Å². The number of hydrogen-bond acceptors (Lipinski definition) is 0. The average molecular weight is 292 g/mol. The highest BCUT2D eigenvalue weighted by Gasteiger charge is 2.02. The van der Waals surface area contributed by atoms with Crippen molar-refractivity contribution in [3.05, 3.63) is 83.9 Å². The molecule has 0 bridgehead atoms. The van der Waals surface area contributed by atoms with E-state index in [1.54, 1.807) is 0 Å². The van der Waals surface area contributed by atoms with E-state index in [1.807, 2.05) is 18.2 Å². The summed E-state index contributed by atoms with van der Waals surface area (Å²) in [6.45, 7) is 12.5. The van der Waals surface area contributed by atoms with Crippen molar-refractivity contribution in [2.24, 2.45) is 5.41 Å². The van der Waals surface area contributed by atoms with Gasteiger partial charge in [-0.25, -0.2) is 0 Å². The second-order valence-corrected chi connectivity index (χ2v) is 6.37. The molecule has 0 saturated carbocycles. The molecule has 0 nitrogen and oxygen atoms in total. The van der Waals surface area contributed by atoms with Gasteiger partial charge >= 0.3 is 0 Å². The SMILES string of the molecule is C=Cc1ccccc1CC.CC(C)(C)C=Cc1ccccc1. The Morgan fingerprint density at radius 1 is 0.909 bits per heavy atom. The summed E-state index contributed by atoms with van der Waals surface area (Å²) in [7, 11) is 0. The molecule has 2 aromatic rings. The summed E-state index contributed by atoms with van der Waals surface area (Å²) in [6.07, 6.45) is 7.38. The molecule has 0 aromatic heterocycles. The molecular weight excluding hydrogens is 264 g/mol. The Morgan fingerprint density at radius 3 is 2.00 bits per heavy atom. The Kier molecular flexibility index (Phi) is 7.39. The first-order valence-electron chi connectivity index (χ1n) is 7.91. The lowest BCUT2D eigenvalue weighted by Crippen LogP contribution is -1.97. The molecule has 0 heteroatoms. The molecule has 0 fully saturated rings. The van der Waals surface area contributed by atoms with Crippen molar-refractivity contribution >= 4 is 12.2 Å². The van der Waals surface area contributed by atoms with Crippen LogP contribution >= 0.6 is 0 Å². The molecule has 0 aliphatic heterocycles. The first-order chi connectivity index (χ1) is 10.5. The van der Waals surface area contributed by atoms with Crippen molar-refractivity contribution in [1.82, 2.24) is 0 Å². The van der Waals surface area contributed by atoms with Crippen LogP contribution in [-0.4, -0.2) is 0 Å². The van der Waals surface area contributed by atoms with E-state index in [4.69, 9.17) is 0 Å². The van der Waals surface area contributed by atoms with Gasteiger partial charge in [-0.3, -0.25) is 0 Å². The topological polar surface area (TPSA) is 0 Å². The van der Waals surface area contributed by atoms with Crippen molar-refractivity contribution < 1.29 is 0 Å². The third kappa shape index (κ3) is 7.08. The lowest BCUT2D eigenvalue weighted by atomic mass is 9.95. The molecule has 0 aliphatic rings. The smallest absolute Gasteiger partial charge is 0.0200 e. The molecule has 0 radical (unpaired) electrons. The van der Waals surface area contributed by atoms with Crippen LogP contribution in [0.25, 0.3) is 12.2 Å². The van der Waals surface area contributed by atoms with Crippen molar-refractivity contribution in [3.8, 4) is 0 Å².